The number of hydrogen-bond acceptors (Lipinski definition) is 5. The molecular weight excluding hydrogens is 336 g/mol. The minimum atomic E-state index is -0.295. The molecule has 0 radical (unpaired) electrons. The Balaban J connectivity index is 1.70. The van der Waals surface area contributed by atoms with Crippen LogP contribution in [0.15, 0.2) is 24.3 Å². The van der Waals surface area contributed by atoms with Gasteiger partial charge in [-0.3, -0.25) is 4.79 Å². The number of unbranched alkanes of at least 4 members (excludes halogenated alkanes) is 1. The smallest absolute Gasteiger partial charge is 0.409 e. The summed E-state index contributed by atoms with van der Waals surface area (Å²) < 4.78 is 16.1. The minimum absolute atomic E-state index is 0.0189. The Kier molecular flexibility index (Phi) is 8.05. The van der Waals surface area contributed by atoms with E-state index in [9.17, 15) is 9.59 Å². The Hall–Kier alpha value is -2.44. The first-order valence-corrected chi connectivity index (χ1v) is 9.19. The van der Waals surface area contributed by atoms with Crippen molar-refractivity contribution in [2.75, 3.05) is 46.0 Å². The average Bonchev–Trinajstić information content (AvgIpc) is 2.67. The van der Waals surface area contributed by atoms with Crippen molar-refractivity contribution in [3.8, 4) is 11.5 Å². The molecule has 1 fully saturated rings. The topological polar surface area (TPSA) is 68.3 Å². The third-order valence-electron chi connectivity index (χ3n) is 4.11. The Morgan fingerprint density at radius 2 is 1.50 bits per heavy atom. The zero-order valence-corrected chi connectivity index (χ0v) is 15.6. The van der Waals surface area contributed by atoms with Gasteiger partial charge in [-0.2, -0.15) is 0 Å². The summed E-state index contributed by atoms with van der Waals surface area (Å²) in [5.74, 6) is 1.31. The molecule has 0 N–H and O–H groups in total. The van der Waals surface area contributed by atoms with E-state index in [0.29, 0.717) is 45.1 Å². The van der Waals surface area contributed by atoms with E-state index < -0.39 is 0 Å². The number of ether oxygens (including phenoxy) is 3. The van der Waals surface area contributed by atoms with Crippen molar-refractivity contribution in [1.29, 1.82) is 0 Å². The Labute approximate surface area is 154 Å². The lowest BCUT2D eigenvalue weighted by molar-refractivity contribution is -0.134. The van der Waals surface area contributed by atoms with Crippen LogP contribution in [0, 0.1) is 0 Å². The van der Waals surface area contributed by atoms with Gasteiger partial charge in [-0.05, 0) is 37.6 Å². The van der Waals surface area contributed by atoms with Crippen LogP contribution in [0.4, 0.5) is 4.79 Å². The van der Waals surface area contributed by atoms with E-state index in [4.69, 9.17) is 14.2 Å². The molecule has 1 aromatic rings. The first kappa shape index (κ1) is 19.9. The number of piperazine rings is 1. The molecule has 1 saturated heterocycles. The Morgan fingerprint density at radius 3 is 2.08 bits per heavy atom. The van der Waals surface area contributed by atoms with Gasteiger partial charge in [0.15, 0.2) is 6.61 Å². The molecule has 0 aromatic heterocycles. The lowest BCUT2D eigenvalue weighted by atomic mass is 10.3. The number of rotatable bonds is 8. The molecule has 0 bridgehead atoms. The fourth-order valence-corrected chi connectivity index (χ4v) is 2.57. The molecule has 0 spiro atoms. The Bertz CT molecular complexity index is 568. The van der Waals surface area contributed by atoms with Gasteiger partial charge >= 0.3 is 6.09 Å². The third kappa shape index (κ3) is 6.13. The van der Waals surface area contributed by atoms with Crippen molar-refractivity contribution in [3.63, 3.8) is 0 Å². The van der Waals surface area contributed by atoms with Gasteiger partial charge in [0.2, 0.25) is 0 Å². The summed E-state index contributed by atoms with van der Waals surface area (Å²) in [5.41, 5.74) is 0. The maximum atomic E-state index is 12.3. The molecule has 2 amide bonds. The van der Waals surface area contributed by atoms with Crippen LogP contribution in [-0.4, -0.2) is 67.8 Å². The SMILES string of the molecule is CCCCOC(=O)N1CCN(C(=O)COc2ccc(OCC)cc2)CC1. The van der Waals surface area contributed by atoms with Crippen molar-refractivity contribution >= 4 is 12.0 Å². The van der Waals surface area contributed by atoms with E-state index in [1.165, 1.54) is 0 Å². The van der Waals surface area contributed by atoms with E-state index >= 15 is 0 Å². The number of carbonyl (C=O) groups is 2. The second-order valence-electron chi connectivity index (χ2n) is 6.03. The predicted octanol–water partition coefficient (Wildman–Crippen LogP) is 2.55. The first-order chi connectivity index (χ1) is 12.6. The van der Waals surface area contributed by atoms with Crippen LogP contribution in [0.5, 0.6) is 11.5 Å². The van der Waals surface area contributed by atoms with Crippen molar-refractivity contribution in [1.82, 2.24) is 9.80 Å². The highest BCUT2D eigenvalue weighted by Crippen LogP contribution is 2.17. The third-order valence-corrected chi connectivity index (χ3v) is 4.11. The van der Waals surface area contributed by atoms with Gasteiger partial charge in [0, 0.05) is 26.2 Å². The van der Waals surface area contributed by atoms with Crippen LogP contribution >= 0.6 is 0 Å². The second kappa shape index (κ2) is 10.5. The molecule has 1 aliphatic rings. The number of benzene rings is 1. The van der Waals surface area contributed by atoms with Gasteiger partial charge in [0.05, 0.1) is 13.2 Å². The highest BCUT2D eigenvalue weighted by atomic mass is 16.6. The normalized spacial score (nSPS) is 14.1. The summed E-state index contributed by atoms with van der Waals surface area (Å²) in [6.45, 7) is 6.97. The maximum absolute atomic E-state index is 12.3. The van der Waals surface area contributed by atoms with Crippen molar-refractivity contribution in [2.45, 2.75) is 26.7 Å². The molecule has 0 saturated carbocycles. The number of nitrogens with zero attached hydrogens (tertiary/aromatic N) is 2. The van der Waals surface area contributed by atoms with Crippen LogP contribution in [0.1, 0.15) is 26.7 Å². The molecule has 2 rings (SSSR count). The minimum Gasteiger partial charge on any atom is -0.494 e. The summed E-state index contributed by atoms with van der Waals surface area (Å²) >= 11 is 0. The van der Waals surface area contributed by atoms with Gasteiger partial charge in [-0.15, -0.1) is 0 Å². The van der Waals surface area contributed by atoms with Crippen LogP contribution < -0.4 is 9.47 Å². The Morgan fingerprint density at radius 1 is 0.923 bits per heavy atom. The van der Waals surface area contributed by atoms with E-state index in [1.54, 1.807) is 21.9 Å². The number of amides is 2. The predicted molar refractivity (Wildman–Crippen MR) is 97.5 cm³/mol. The molecule has 7 nitrogen and oxygen atoms in total. The van der Waals surface area contributed by atoms with Crippen LogP contribution in [0.3, 0.4) is 0 Å². The van der Waals surface area contributed by atoms with Gasteiger partial charge in [-0.25, -0.2) is 4.79 Å². The highest BCUT2D eigenvalue weighted by Gasteiger charge is 2.25. The second-order valence-corrected chi connectivity index (χ2v) is 6.03. The van der Waals surface area contributed by atoms with E-state index in [1.807, 2.05) is 26.0 Å². The van der Waals surface area contributed by atoms with Gasteiger partial charge in [0.25, 0.3) is 5.91 Å². The molecule has 144 valence electrons. The molecule has 0 atom stereocenters. The number of hydrogen-bond donors (Lipinski definition) is 0. The van der Waals surface area contributed by atoms with E-state index in [-0.39, 0.29) is 18.6 Å². The zero-order valence-electron chi connectivity index (χ0n) is 15.6. The molecular formula is C19H28N2O5. The highest BCUT2D eigenvalue weighted by molar-refractivity contribution is 5.78. The summed E-state index contributed by atoms with van der Waals surface area (Å²) in [5, 5.41) is 0. The van der Waals surface area contributed by atoms with Gasteiger partial charge in [-0.1, -0.05) is 13.3 Å². The lowest BCUT2D eigenvalue weighted by Gasteiger charge is -2.34. The summed E-state index contributed by atoms with van der Waals surface area (Å²) in [4.78, 5) is 27.5. The molecule has 1 aliphatic heterocycles. The van der Waals surface area contributed by atoms with Crippen LogP contribution in [0.25, 0.3) is 0 Å². The summed E-state index contributed by atoms with van der Waals surface area (Å²) in [6.07, 6.45) is 1.56. The first-order valence-electron chi connectivity index (χ1n) is 9.19. The summed E-state index contributed by atoms with van der Waals surface area (Å²) in [6, 6.07) is 7.18. The monoisotopic (exact) mass is 364 g/mol. The van der Waals surface area contributed by atoms with E-state index in [2.05, 4.69) is 0 Å². The van der Waals surface area contributed by atoms with Gasteiger partial charge < -0.3 is 24.0 Å². The molecule has 0 unspecified atom stereocenters. The fourth-order valence-electron chi connectivity index (χ4n) is 2.57. The number of carbonyl (C=O) groups excluding carboxylic acids is 2. The van der Waals surface area contributed by atoms with Crippen molar-refractivity contribution in [3.05, 3.63) is 24.3 Å². The largest absolute Gasteiger partial charge is 0.494 e. The molecule has 26 heavy (non-hydrogen) atoms. The lowest BCUT2D eigenvalue weighted by Crippen LogP contribution is -2.51. The zero-order chi connectivity index (χ0) is 18.8. The quantitative estimate of drug-likeness (QED) is 0.663. The van der Waals surface area contributed by atoms with Crippen molar-refractivity contribution < 1.29 is 23.8 Å². The van der Waals surface area contributed by atoms with Gasteiger partial charge in [0.1, 0.15) is 11.5 Å². The molecule has 7 heteroatoms. The average molecular weight is 364 g/mol. The fraction of sp³-hybridized carbons (Fsp3) is 0.579. The van der Waals surface area contributed by atoms with Crippen LogP contribution in [-0.2, 0) is 9.53 Å². The molecule has 1 aromatic carbocycles. The van der Waals surface area contributed by atoms with Crippen molar-refractivity contribution in [2.24, 2.45) is 0 Å². The molecule has 1 heterocycles. The maximum Gasteiger partial charge on any atom is 0.409 e. The van der Waals surface area contributed by atoms with Crippen LogP contribution in [0.2, 0.25) is 0 Å². The standard InChI is InChI=1S/C19H28N2O5/c1-3-5-14-25-19(23)21-12-10-20(11-13-21)18(22)15-26-17-8-6-16(7-9-17)24-4-2/h6-9H,3-5,10-15H2,1-2H3. The van der Waals surface area contributed by atoms with E-state index in [0.717, 1.165) is 18.6 Å². The molecule has 0 aliphatic carbocycles. The summed E-state index contributed by atoms with van der Waals surface area (Å²) in [7, 11) is 0.